The van der Waals surface area contributed by atoms with Crippen molar-refractivity contribution in [2.75, 3.05) is 27.2 Å². The third-order valence-electron chi connectivity index (χ3n) is 2.64. The van der Waals surface area contributed by atoms with Crippen LogP contribution >= 0.6 is 0 Å². The number of carbonyl (C=O) groups excluding carboxylic acids is 2. The number of nitrogens with zero attached hydrogens (tertiary/aromatic N) is 1. The zero-order chi connectivity index (χ0) is 14.3. The van der Waals surface area contributed by atoms with Crippen molar-refractivity contribution in [2.45, 2.75) is 13.3 Å². The Morgan fingerprint density at radius 2 is 1.84 bits per heavy atom. The highest BCUT2D eigenvalue weighted by Gasteiger charge is 2.07. The van der Waals surface area contributed by atoms with Crippen LogP contribution in [-0.2, 0) is 16.0 Å². The Balaban J connectivity index is 2.31. The van der Waals surface area contributed by atoms with Crippen molar-refractivity contribution in [3.63, 3.8) is 0 Å². The maximum Gasteiger partial charge on any atom is 0.258 e. The number of benzene rings is 1. The Hall–Kier alpha value is -2.04. The first-order chi connectivity index (χ1) is 9.02. The molecule has 1 aromatic carbocycles. The van der Waals surface area contributed by atoms with Gasteiger partial charge in [-0.15, -0.1) is 0 Å². The van der Waals surface area contributed by atoms with Crippen molar-refractivity contribution in [2.24, 2.45) is 0 Å². The Bertz CT molecular complexity index is 427. The standard InChI is InChI=1S/C14H20N2O3/c1-4-11-5-7-12(8-6-11)19-10-13(17)15-9-14(18)16(2)3/h5-8H,4,9-10H2,1-3H3,(H,15,17). The first kappa shape index (κ1) is 15.0. The zero-order valence-corrected chi connectivity index (χ0v) is 11.6. The summed E-state index contributed by atoms with van der Waals surface area (Å²) in [5.74, 6) is 0.182. The summed E-state index contributed by atoms with van der Waals surface area (Å²) in [6, 6.07) is 7.58. The van der Waals surface area contributed by atoms with Crippen LogP contribution in [0.4, 0.5) is 0 Å². The number of rotatable bonds is 6. The van der Waals surface area contributed by atoms with Crippen molar-refractivity contribution in [3.05, 3.63) is 29.8 Å². The van der Waals surface area contributed by atoms with Crippen LogP contribution in [0.2, 0.25) is 0 Å². The lowest BCUT2D eigenvalue weighted by Crippen LogP contribution is -2.38. The number of carbonyl (C=O) groups is 2. The normalized spacial score (nSPS) is 9.84. The second-order valence-electron chi connectivity index (χ2n) is 4.35. The van der Waals surface area contributed by atoms with E-state index in [0.717, 1.165) is 6.42 Å². The number of hydrogen-bond donors (Lipinski definition) is 1. The molecule has 19 heavy (non-hydrogen) atoms. The van der Waals surface area contributed by atoms with Crippen molar-refractivity contribution in [1.82, 2.24) is 10.2 Å². The maximum atomic E-state index is 11.5. The molecule has 0 aliphatic heterocycles. The van der Waals surface area contributed by atoms with E-state index in [9.17, 15) is 9.59 Å². The average molecular weight is 264 g/mol. The first-order valence-electron chi connectivity index (χ1n) is 6.21. The fourth-order valence-electron chi connectivity index (χ4n) is 1.35. The van der Waals surface area contributed by atoms with E-state index >= 15 is 0 Å². The first-order valence-corrected chi connectivity index (χ1v) is 6.21. The fourth-order valence-corrected chi connectivity index (χ4v) is 1.35. The number of nitrogens with one attached hydrogen (secondary N) is 1. The molecule has 0 aliphatic carbocycles. The molecule has 1 rings (SSSR count). The van der Waals surface area contributed by atoms with E-state index in [1.807, 2.05) is 24.3 Å². The molecule has 0 radical (unpaired) electrons. The van der Waals surface area contributed by atoms with E-state index in [1.165, 1.54) is 10.5 Å². The molecule has 0 heterocycles. The van der Waals surface area contributed by atoms with E-state index in [4.69, 9.17) is 4.74 Å². The second-order valence-corrected chi connectivity index (χ2v) is 4.35. The van der Waals surface area contributed by atoms with Gasteiger partial charge in [-0.1, -0.05) is 19.1 Å². The largest absolute Gasteiger partial charge is 0.484 e. The van der Waals surface area contributed by atoms with Crippen LogP contribution in [0.15, 0.2) is 24.3 Å². The molecule has 0 spiro atoms. The highest BCUT2D eigenvalue weighted by molar-refractivity contribution is 5.85. The van der Waals surface area contributed by atoms with Gasteiger partial charge < -0.3 is 15.0 Å². The molecule has 104 valence electrons. The monoisotopic (exact) mass is 264 g/mol. The third-order valence-corrected chi connectivity index (χ3v) is 2.64. The fraction of sp³-hybridized carbons (Fsp3) is 0.429. The number of ether oxygens (including phenoxy) is 1. The van der Waals surface area contributed by atoms with E-state index in [1.54, 1.807) is 14.1 Å². The number of likely N-dealkylation sites (N-methyl/N-ethyl adjacent to an activating group) is 1. The molecule has 0 saturated heterocycles. The van der Waals surface area contributed by atoms with Gasteiger partial charge in [-0.3, -0.25) is 9.59 Å². The minimum atomic E-state index is -0.310. The summed E-state index contributed by atoms with van der Waals surface area (Å²) in [7, 11) is 3.28. The van der Waals surface area contributed by atoms with Gasteiger partial charge in [-0.05, 0) is 24.1 Å². The summed E-state index contributed by atoms with van der Waals surface area (Å²) in [6.45, 7) is 1.97. The van der Waals surface area contributed by atoms with Gasteiger partial charge in [0.1, 0.15) is 5.75 Å². The topological polar surface area (TPSA) is 58.6 Å². The highest BCUT2D eigenvalue weighted by Crippen LogP contribution is 2.12. The second kappa shape index (κ2) is 7.41. The molecule has 0 aromatic heterocycles. The lowest BCUT2D eigenvalue weighted by molar-refractivity contribution is -0.131. The molecule has 0 aliphatic rings. The Kier molecular flexibility index (Phi) is 5.85. The lowest BCUT2D eigenvalue weighted by atomic mass is 10.2. The smallest absolute Gasteiger partial charge is 0.258 e. The van der Waals surface area contributed by atoms with Crippen molar-refractivity contribution in [3.8, 4) is 5.75 Å². The molecule has 5 heteroatoms. The molecule has 1 N–H and O–H groups in total. The summed E-state index contributed by atoms with van der Waals surface area (Å²) in [6.07, 6.45) is 0.966. The molecule has 0 atom stereocenters. The van der Waals surface area contributed by atoms with Crippen LogP contribution in [0.5, 0.6) is 5.75 Å². The predicted molar refractivity (Wildman–Crippen MR) is 73.0 cm³/mol. The van der Waals surface area contributed by atoms with Crippen molar-refractivity contribution >= 4 is 11.8 Å². The zero-order valence-electron chi connectivity index (χ0n) is 11.6. The van der Waals surface area contributed by atoms with Crippen LogP contribution in [0.1, 0.15) is 12.5 Å². The minimum Gasteiger partial charge on any atom is -0.484 e. The van der Waals surface area contributed by atoms with Crippen LogP contribution in [-0.4, -0.2) is 44.0 Å². The van der Waals surface area contributed by atoms with Gasteiger partial charge in [0.2, 0.25) is 5.91 Å². The van der Waals surface area contributed by atoms with Crippen LogP contribution in [0.25, 0.3) is 0 Å². The third kappa shape index (κ3) is 5.42. The number of hydrogen-bond acceptors (Lipinski definition) is 3. The summed E-state index contributed by atoms with van der Waals surface area (Å²) >= 11 is 0. The van der Waals surface area contributed by atoms with E-state index < -0.39 is 0 Å². The van der Waals surface area contributed by atoms with Crippen molar-refractivity contribution in [1.29, 1.82) is 0 Å². The van der Waals surface area contributed by atoms with E-state index in [-0.39, 0.29) is 25.0 Å². The van der Waals surface area contributed by atoms with Gasteiger partial charge in [0, 0.05) is 14.1 Å². The Morgan fingerprint density at radius 3 is 2.37 bits per heavy atom. The molecule has 0 fully saturated rings. The van der Waals surface area contributed by atoms with Crippen LogP contribution in [0.3, 0.4) is 0 Å². The highest BCUT2D eigenvalue weighted by atomic mass is 16.5. The Labute approximate surface area is 113 Å². The minimum absolute atomic E-state index is 0.00995. The molecular formula is C14H20N2O3. The van der Waals surface area contributed by atoms with E-state index in [2.05, 4.69) is 12.2 Å². The van der Waals surface area contributed by atoms with Gasteiger partial charge in [0.15, 0.2) is 6.61 Å². The van der Waals surface area contributed by atoms with E-state index in [0.29, 0.717) is 5.75 Å². The van der Waals surface area contributed by atoms with Crippen molar-refractivity contribution < 1.29 is 14.3 Å². The van der Waals surface area contributed by atoms with Crippen LogP contribution < -0.4 is 10.1 Å². The molecule has 0 saturated carbocycles. The number of amides is 2. The predicted octanol–water partition coefficient (Wildman–Crippen LogP) is 0.832. The summed E-state index contributed by atoms with van der Waals surface area (Å²) in [5.41, 5.74) is 1.22. The van der Waals surface area contributed by atoms with Gasteiger partial charge >= 0.3 is 0 Å². The van der Waals surface area contributed by atoms with Crippen LogP contribution in [0, 0.1) is 0 Å². The molecule has 0 unspecified atom stereocenters. The summed E-state index contributed by atoms with van der Waals surface area (Å²) < 4.78 is 5.32. The number of aryl methyl sites for hydroxylation is 1. The molecule has 5 nitrogen and oxygen atoms in total. The molecule has 0 bridgehead atoms. The Morgan fingerprint density at radius 1 is 1.21 bits per heavy atom. The maximum absolute atomic E-state index is 11.5. The quantitative estimate of drug-likeness (QED) is 0.828. The molecule has 1 aromatic rings. The van der Waals surface area contributed by atoms with Gasteiger partial charge in [-0.2, -0.15) is 0 Å². The average Bonchev–Trinajstić information content (AvgIpc) is 2.42. The molecular weight excluding hydrogens is 244 g/mol. The summed E-state index contributed by atoms with van der Waals surface area (Å²) in [5, 5.41) is 2.50. The molecule has 2 amide bonds. The van der Waals surface area contributed by atoms with Gasteiger partial charge in [0.25, 0.3) is 5.91 Å². The van der Waals surface area contributed by atoms with Gasteiger partial charge in [0.05, 0.1) is 6.54 Å². The lowest BCUT2D eigenvalue weighted by Gasteiger charge is -2.11. The summed E-state index contributed by atoms with van der Waals surface area (Å²) in [4.78, 5) is 24.1. The van der Waals surface area contributed by atoms with Gasteiger partial charge in [-0.25, -0.2) is 0 Å². The SMILES string of the molecule is CCc1ccc(OCC(=O)NCC(=O)N(C)C)cc1.